The van der Waals surface area contributed by atoms with Gasteiger partial charge in [-0.25, -0.2) is 0 Å². The standard InChI is InChI=1S/C59H47BN2OS/c1-57(2,3)32-17-20-34(21-18-32)62-49-28-44-43-25-33(58(4,5)6)19-24-53(43)64-54(44)29-41(49)37-22-23-38-40-26-39-35-13-9-11-15-45(35)59(7,8)46(39)30-48(40)61-50-31-52-42(36-14-10-12-16-51(36)63-52)27-47(50)60(62)55(37)56(38)61/h9-31H,1-8H3. The summed E-state index contributed by atoms with van der Waals surface area (Å²) in [6.45, 7) is 18.6. The molecule has 64 heavy (non-hydrogen) atoms. The van der Waals surface area contributed by atoms with Gasteiger partial charge in [-0.05, 0) is 115 Å². The first-order valence-corrected chi connectivity index (χ1v) is 23.7. The molecule has 0 bridgehead atoms. The normalized spacial score (nSPS) is 14.9. The van der Waals surface area contributed by atoms with Crippen molar-refractivity contribution in [1.82, 2.24) is 4.57 Å². The number of para-hydroxylation sites is 1. The van der Waals surface area contributed by atoms with Gasteiger partial charge in [0.1, 0.15) is 11.2 Å². The monoisotopic (exact) mass is 842 g/mol. The maximum Gasteiger partial charge on any atom is 0.333 e. The molecule has 0 atom stereocenters. The van der Waals surface area contributed by atoms with Gasteiger partial charge in [0.05, 0.1) is 11.0 Å². The van der Waals surface area contributed by atoms with Crippen LogP contribution >= 0.6 is 11.3 Å². The average Bonchev–Trinajstić information content (AvgIpc) is 3.99. The summed E-state index contributed by atoms with van der Waals surface area (Å²) in [5.74, 6) is 0. The Morgan fingerprint density at radius 3 is 2.08 bits per heavy atom. The number of thiophene rings is 1. The van der Waals surface area contributed by atoms with Gasteiger partial charge >= 0.3 is 6.85 Å². The third-order valence-corrected chi connectivity index (χ3v) is 16.4. The van der Waals surface area contributed by atoms with Crippen LogP contribution in [0.25, 0.3) is 91.9 Å². The van der Waals surface area contributed by atoms with Crippen LogP contribution in [0.3, 0.4) is 0 Å². The Labute approximate surface area is 377 Å². The quantitative estimate of drug-likeness (QED) is 0.154. The van der Waals surface area contributed by atoms with Crippen molar-refractivity contribution in [1.29, 1.82) is 0 Å². The fourth-order valence-electron chi connectivity index (χ4n) is 11.9. The maximum absolute atomic E-state index is 6.75. The lowest BCUT2D eigenvalue weighted by Gasteiger charge is -2.42. The second-order valence-corrected chi connectivity index (χ2v) is 22.4. The van der Waals surface area contributed by atoms with Crippen molar-refractivity contribution in [2.75, 3.05) is 4.81 Å². The van der Waals surface area contributed by atoms with E-state index in [1.807, 2.05) is 11.3 Å². The molecule has 5 heterocycles. The summed E-state index contributed by atoms with van der Waals surface area (Å²) < 4.78 is 12.0. The van der Waals surface area contributed by atoms with Crippen LogP contribution in [0.4, 0.5) is 11.4 Å². The number of rotatable bonds is 1. The van der Waals surface area contributed by atoms with E-state index in [-0.39, 0.29) is 23.1 Å². The molecule has 0 saturated heterocycles. The minimum atomic E-state index is -0.128. The van der Waals surface area contributed by atoms with E-state index in [0.29, 0.717) is 0 Å². The van der Waals surface area contributed by atoms with Gasteiger partial charge in [-0.15, -0.1) is 11.3 Å². The van der Waals surface area contributed by atoms with Gasteiger partial charge < -0.3 is 13.8 Å². The highest BCUT2D eigenvalue weighted by molar-refractivity contribution is 7.25. The Bertz CT molecular complexity index is 3900. The summed E-state index contributed by atoms with van der Waals surface area (Å²) in [6.07, 6.45) is 0. The molecule has 3 aromatic heterocycles. The SMILES string of the molecule is CC(C)(C)c1ccc(N2B3c4cc5c(cc4-n4c6cc7c(cc6c6ccc(c3c64)-c3cc4sc6ccc(C(C)(C)C)cc6c4cc32)-c2ccccc2C7(C)C)oc2ccccc25)cc1. The summed E-state index contributed by atoms with van der Waals surface area (Å²) in [7, 11) is 0. The Morgan fingerprint density at radius 2 is 1.27 bits per heavy atom. The largest absolute Gasteiger partial charge is 0.456 e. The Morgan fingerprint density at radius 1 is 0.516 bits per heavy atom. The van der Waals surface area contributed by atoms with E-state index < -0.39 is 0 Å². The third-order valence-electron chi connectivity index (χ3n) is 15.3. The van der Waals surface area contributed by atoms with E-state index in [4.69, 9.17) is 4.42 Å². The number of aromatic nitrogens is 1. The van der Waals surface area contributed by atoms with Crippen molar-refractivity contribution in [2.45, 2.75) is 71.6 Å². The van der Waals surface area contributed by atoms with Crippen LogP contribution in [0.1, 0.15) is 77.6 Å². The van der Waals surface area contributed by atoms with Crippen molar-refractivity contribution < 1.29 is 4.42 Å². The average molecular weight is 843 g/mol. The zero-order valence-corrected chi connectivity index (χ0v) is 38.4. The molecule has 3 aliphatic rings. The summed E-state index contributed by atoms with van der Waals surface area (Å²) in [5, 5.41) is 7.56. The first kappa shape index (κ1) is 36.9. The molecule has 8 aromatic carbocycles. The highest BCUT2D eigenvalue weighted by Crippen LogP contribution is 2.53. The number of anilines is 2. The minimum absolute atomic E-state index is 0.0330. The van der Waals surface area contributed by atoms with Crippen molar-refractivity contribution in [3.05, 3.63) is 162 Å². The number of furan rings is 1. The molecule has 3 nitrogen and oxygen atoms in total. The van der Waals surface area contributed by atoms with Crippen molar-refractivity contribution in [3.8, 4) is 27.9 Å². The molecule has 0 unspecified atom stereocenters. The van der Waals surface area contributed by atoms with Gasteiger partial charge in [-0.2, -0.15) is 0 Å². The minimum Gasteiger partial charge on any atom is -0.456 e. The van der Waals surface area contributed by atoms with Crippen LogP contribution < -0.4 is 15.7 Å². The summed E-state index contributed by atoms with van der Waals surface area (Å²) in [6, 6.07) is 53.9. The van der Waals surface area contributed by atoms with Crippen LogP contribution in [-0.2, 0) is 16.2 Å². The Hall–Kier alpha value is -6.56. The van der Waals surface area contributed by atoms with Gasteiger partial charge in [0.25, 0.3) is 0 Å². The highest BCUT2D eigenvalue weighted by atomic mass is 32.1. The number of fused-ring (bicyclic) bond motifs is 17. The molecule has 1 aliphatic carbocycles. The lowest BCUT2D eigenvalue weighted by Crippen LogP contribution is -2.60. The van der Waals surface area contributed by atoms with Gasteiger partial charge in [0.15, 0.2) is 0 Å². The first-order valence-electron chi connectivity index (χ1n) is 22.9. The highest BCUT2D eigenvalue weighted by Gasteiger charge is 2.45. The summed E-state index contributed by atoms with van der Waals surface area (Å²) in [5.41, 5.74) is 21.4. The predicted octanol–water partition coefficient (Wildman–Crippen LogP) is 15.2. The lowest BCUT2D eigenvalue weighted by atomic mass is 9.44. The number of nitrogens with zero attached hydrogens (tertiary/aromatic N) is 2. The lowest BCUT2D eigenvalue weighted by molar-refractivity contribution is 0.590. The van der Waals surface area contributed by atoms with E-state index in [1.54, 1.807) is 0 Å². The zero-order chi connectivity index (χ0) is 43.3. The van der Waals surface area contributed by atoms with Crippen LogP contribution in [0, 0.1) is 0 Å². The van der Waals surface area contributed by atoms with E-state index in [2.05, 4.69) is 204 Å². The fraction of sp³-hybridized carbons (Fsp3) is 0.186. The van der Waals surface area contributed by atoms with E-state index in [1.165, 1.54) is 114 Å². The van der Waals surface area contributed by atoms with Gasteiger partial charge in [-0.3, -0.25) is 0 Å². The van der Waals surface area contributed by atoms with Crippen LogP contribution in [0.5, 0.6) is 0 Å². The Balaban J connectivity index is 1.15. The van der Waals surface area contributed by atoms with Gasteiger partial charge in [-0.1, -0.05) is 134 Å². The van der Waals surface area contributed by atoms with Gasteiger partial charge in [0, 0.05) is 75.8 Å². The van der Waals surface area contributed by atoms with Gasteiger partial charge in [0.2, 0.25) is 0 Å². The number of benzene rings is 8. The van der Waals surface area contributed by atoms with Crippen LogP contribution in [-0.4, -0.2) is 11.4 Å². The smallest absolute Gasteiger partial charge is 0.333 e. The van der Waals surface area contributed by atoms with E-state index >= 15 is 0 Å². The second kappa shape index (κ2) is 12.0. The topological polar surface area (TPSA) is 21.3 Å². The van der Waals surface area contributed by atoms with Crippen LogP contribution in [0.2, 0.25) is 0 Å². The molecular weight excluding hydrogens is 796 g/mol. The molecule has 0 amide bonds. The molecule has 0 N–H and O–H groups in total. The molecule has 2 aliphatic heterocycles. The number of hydrogen-bond acceptors (Lipinski definition) is 3. The molecule has 11 aromatic rings. The Kier molecular flexibility index (Phi) is 6.89. The molecule has 5 heteroatoms. The van der Waals surface area contributed by atoms with E-state index in [0.717, 1.165) is 21.9 Å². The molecular formula is C59H47BN2OS. The van der Waals surface area contributed by atoms with Crippen molar-refractivity contribution >= 4 is 104 Å². The molecule has 0 radical (unpaired) electrons. The third kappa shape index (κ3) is 4.68. The first-order chi connectivity index (χ1) is 30.7. The molecule has 308 valence electrons. The fourth-order valence-corrected chi connectivity index (χ4v) is 13.0. The van der Waals surface area contributed by atoms with E-state index in [9.17, 15) is 0 Å². The maximum atomic E-state index is 6.75. The number of hydrogen-bond donors (Lipinski definition) is 0. The molecule has 0 fully saturated rings. The molecule has 0 spiro atoms. The second-order valence-electron chi connectivity index (χ2n) is 21.3. The van der Waals surface area contributed by atoms with Crippen molar-refractivity contribution in [2.24, 2.45) is 0 Å². The molecule has 14 rings (SSSR count). The summed E-state index contributed by atoms with van der Waals surface area (Å²) in [4.78, 5) is 2.69. The zero-order valence-electron chi connectivity index (χ0n) is 37.6. The summed E-state index contributed by atoms with van der Waals surface area (Å²) >= 11 is 1.92. The van der Waals surface area contributed by atoms with Crippen molar-refractivity contribution in [3.63, 3.8) is 0 Å². The predicted molar refractivity (Wildman–Crippen MR) is 275 cm³/mol. The molecule has 0 saturated carbocycles. The van der Waals surface area contributed by atoms with Crippen LogP contribution in [0.15, 0.2) is 144 Å².